The molecule has 1 amide bonds. The normalized spacial score (nSPS) is 19.7. The van der Waals surface area contributed by atoms with Crippen molar-refractivity contribution in [3.05, 3.63) is 68.4 Å². The number of carbonyl (C=O) groups excluding carboxylic acids is 1. The zero-order valence-corrected chi connectivity index (χ0v) is 21.4. The molecule has 1 aliphatic carbocycles. The van der Waals surface area contributed by atoms with Crippen LogP contribution in [-0.4, -0.2) is 34.7 Å². The van der Waals surface area contributed by atoms with Gasteiger partial charge in [0.25, 0.3) is 11.5 Å². The maximum absolute atomic E-state index is 13.2. The summed E-state index contributed by atoms with van der Waals surface area (Å²) in [6.45, 7) is 9.08. The van der Waals surface area contributed by atoms with Crippen molar-refractivity contribution in [3.63, 3.8) is 0 Å². The van der Waals surface area contributed by atoms with Gasteiger partial charge in [0, 0.05) is 17.7 Å². The largest absolute Gasteiger partial charge is 0.490 e. The van der Waals surface area contributed by atoms with Crippen LogP contribution in [-0.2, 0) is 6.54 Å². The van der Waals surface area contributed by atoms with Crippen LogP contribution in [0.15, 0.2) is 46.0 Å². The lowest BCUT2D eigenvalue weighted by atomic mass is 9.78. The number of rotatable bonds is 8. The quantitative estimate of drug-likeness (QED) is 0.492. The molecular weight excluding hydrogens is 458 g/mol. The van der Waals surface area contributed by atoms with E-state index in [0.717, 1.165) is 23.0 Å². The second kappa shape index (κ2) is 11.0. The molecule has 8 heteroatoms. The van der Waals surface area contributed by atoms with Crippen molar-refractivity contribution >= 4 is 16.8 Å². The van der Waals surface area contributed by atoms with E-state index in [2.05, 4.69) is 24.1 Å². The third-order valence-corrected chi connectivity index (χ3v) is 7.23. The maximum Gasteiger partial charge on any atom is 0.329 e. The SMILES string of the molecule is CCOc1cc2[nH]c(=O)n(Cc3ccc(C(=O)NC4CCCC(C)C4C)cc3)c(=O)c2cc1OCC. The molecule has 0 radical (unpaired) electrons. The molecule has 4 rings (SSSR count). The van der Waals surface area contributed by atoms with Crippen LogP contribution in [0.3, 0.4) is 0 Å². The van der Waals surface area contributed by atoms with Gasteiger partial charge in [-0.05, 0) is 55.9 Å². The number of aromatic nitrogens is 2. The van der Waals surface area contributed by atoms with Crippen LogP contribution in [0, 0.1) is 11.8 Å². The van der Waals surface area contributed by atoms with Crippen molar-refractivity contribution in [2.45, 2.75) is 59.5 Å². The van der Waals surface area contributed by atoms with Crippen LogP contribution in [0.5, 0.6) is 11.5 Å². The summed E-state index contributed by atoms with van der Waals surface area (Å²) in [5, 5.41) is 3.52. The highest BCUT2D eigenvalue weighted by Crippen LogP contribution is 2.31. The Kier molecular flexibility index (Phi) is 7.82. The van der Waals surface area contributed by atoms with Gasteiger partial charge in [0.1, 0.15) is 0 Å². The van der Waals surface area contributed by atoms with E-state index in [9.17, 15) is 14.4 Å². The summed E-state index contributed by atoms with van der Waals surface area (Å²) in [6.07, 6.45) is 3.33. The zero-order valence-electron chi connectivity index (χ0n) is 21.4. The lowest BCUT2D eigenvalue weighted by molar-refractivity contribution is 0.0891. The Morgan fingerprint density at radius 2 is 1.69 bits per heavy atom. The maximum atomic E-state index is 13.2. The van der Waals surface area contributed by atoms with Crippen molar-refractivity contribution in [2.75, 3.05) is 13.2 Å². The third kappa shape index (κ3) is 5.32. The summed E-state index contributed by atoms with van der Waals surface area (Å²) in [5.41, 5.74) is 0.774. The molecule has 36 heavy (non-hydrogen) atoms. The second-order valence-electron chi connectivity index (χ2n) is 9.58. The molecule has 1 aliphatic rings. The van der Waals surface area contributed by atoms with Gasteiger partial charge in [0.05, 0.1) is 30.7 Å². The van der Waals surface area contributed by atoms with E-state index < -0.39 is 11.2 Å². The molecule has 8 nitrogen and oxygen atoms in total. The minimum Gasteiger partial charge on any atom is -0.490 e. The summed E-state index contributed by atoms with van der Waals surface area (Å²) in [4.78, 5) is 41.6. The highest BCUT2D eigenvalue weighted by atomic mass is 16.5. The molecule has 1 heterocycles. The lowest BCUT2D eigenvalue weighted by Gasteiger charge is -2.34. The molecule has 192 valence electrons. The molecule has 1 aromatic heterocycles. The van der Waals surface area contributed by atoms with E-state index >= 15 is 0 Å². The van der Waals surface area contributed by atoms with E-state index in [0.29, 0.717) is 53.0 Å². The number of hydrogen-bond donors (Lipinski definition) is 2. The average molecular weight is 494 g/mol. The number of nitrogens with zero attached hydrogens (tertiary/aromatic N) is 1. The molecular formula is C28H35N3O5. The molecule has 3 aromatic rings. The molecule has 3 atom stereocenters. The fourth-order valence-corrected chi connectivity index (χ4v) is 4.92. The number of H-pyrrole nitrogens is 1. The molecule has 1 fully saturated rings. The Morgan fingerprint density at radius 1 is 1.03 bits per heavy atom. The summed E-state index contributed by atoms with van der Waals surface area (Å²) < 4.78 is 12.4. The minimum absolute atomic E-state index is 0.0837. The standard InChI is InChI=1S/C28H35N3O5/c1-5-35-24-14-21-23(15-25(24)36-6-2)30-28(34)31(27(21)33)16-19-10-12-20(13-11-19)26(32)29-22-9-7-8-17(3)18(22)4/h10-15,17-18,22H,5-9,16H2,1-4H3,(H,29,32)(H,30,34). The predicted molar refractivity (Wildman–Crippen MR) is 140 cm³/mol. The Morgan fingerprint density at radius 3 is 2.36 bits per heavy atom. The van der Waals surface area contributed by atoms with Gasteiger partial charge in [0.2, 0.25) is 0 Å². The smallest absolute Gasteiger partial charge is 0.329 e. The average Bonchev–Trinajstić information content (AvgIpc) is 2.86. The Balaban J connectivity index is 1.56. The van der Waals surface area contributed by atoms with Gasteiger partial charge in [0.15, 0.2) is 11.5 Å². The molecule has 2 aromatic carbocycles. The molecule has 2 N–H and O–H groups in total. The van der Waals surface area contributed by atoms with E-state index in [1.807, 2.05) is 13.8 Å². The molecule has 3 unspecified atom stereocenters. The van der Waals surface area contributed by atoms with E-state index in [1.165, 1.54) is 6.42 Å². The van der Waals surface area contributed by atoms with Crippen molar-refractivity contribution in [2.24, 2.45) is 11.8 Å². The lowest BCUT2D eigenvalue weighted by Crippen LogP contribution is -2.43. The van der Waals surface area contributed by atoms with Crippen LogP contribution in [0.1, 0.15) is 62.9 Å². The Labute approximate surface area is 210 Å². The fraction of sp³-hybridized carbons (Fsp3) is 0.464. The van der Waals surface area contributed by atoms with Crippen LogP contribution in [0.4, 0.5) is 0 Å². The summed E-state index contributed by atoms with van der Waals surface area (Å²) in [5.74, 6) is 1.88. The van der Waals surface area contributed by atoms with Crippen LogP contribution >= 0.6 is 0 Å². The molecule has 0 aliphatic heterocycles. The highest BCUT2D eigenvalue weighted by molar-refractivity contribution is 5.94. The van der Waals surface area contributed by atoms with Crippen molar-refractivity contribution in [1.29, 1.82) is 0 Å². The first-order valence-corrected chi connectivity index (χ1v) is 12.8. The predicted octanol–water partition coefficient (Wildman–Crippen LogP) is 4.09. The van der Waals surface area contributed by atoms with Crippen LogP contribution < -0.4 is 26.0 Å². The molecule has 1 saturated carbocycles. The number of amides is 1. The number of ether oxygens (including phenoxy) is 2. The summed E-state index contributed by atoms with van der Waals surface area (Å²) in [6, 6.07) is 10.5. The second-order valence-corrected chi connectivity index (χ2v) is 9.58. The summed E-state index contributed by atoms with van der Waals surface area (Å²) >= 11 is 0. The van der Waals surface area contributed by atoms with Gasteiger partial charge >= 0.3 is 5.69 Å². The monoisotopic (exact) mass is 493 g/mol. The first-order valence-electron chi connectivity index (χ1n) is 12.8. The van der Waals surface area contributed by atoms with Gasteiger partial charge in [-0.15, -0.1) is 0 Å². The van der Waals surface area contributed by atoms with E-state index in [4.69, 9.17) is 9.47 Å². The van der Waals surface area contributed by atoms with Crippen molar-refractivity contribution < 1.29 is 14.3 Å². The fourth-order valence-electron chi connectivity index (χ4n) is 4.92. The number of fused-ring (bicyclic) bond motifs is 1. The number of benzene rings is 2. The summed E-state index contributed by atoms with van der Waals surface area (Å²) in [7, 11) is 0. The minimum atomic E-state index is -0.513. The van der Waals surface area contributed by atoms with Gasteiger partial charge in [-0.25, -0.2) is 4.79 Å². The number of hydrogen-bond acceptors (Lipinski definition) is 5. The third-order valence-electron chi connectivity index (χ3n) is 7.23. The van der Waals surface area contributed by atoms with Crippen molar-refractivity contribution in [1.82, 2.24) is 14.9 Å². The highest BCUT2D eigenvalue weighted by Gasteiger charge is 2.28. The van der Waals surface area contributed by atoms with Gasteiger partial charge in [-0.1, -0.05) is 38.8 Å². The van der Waals surface area contributed by atoms with Crippen molar-refractivity contribution in [3.8, 4) is 11.5 Å². The topological polar surface area (TPSA) is 102 Å². The first-order chi connectivity index (χ1) is 17.3. The molecule has 0 saturated heterocycles. The Hall–Kier alpha value is -3.55. The number of aromatic amines is 1. The van der Waals surface area contributed by atoms with Gasteiger partial charge < -0.3 is 19.8 Å². The van der Waals surface area contributed by atoms with Gasteiger partial charge in [-0.2, -0.15) is 0 Å². The zero-order chi connectivity index (χ0) is 25.8. The number of carbonyl (C=O) groups is 1. The molecule has 0 bridgehead atoms. The molecule has 0 spiro atoms. The van der Waals surface area contributed by atoms with Gasteiger partial charge in [-0.3, -0.25) is 14.2 Å². The van der Waals surface area contributed by atoms with E-state index in [-0.39, 0.29) is 18.5 Å². The van der Waals surface area contributed by atoms with Crippen LogP contribution in [0.2, 0.25) is 0 Å². The number of nitrogens with one attached hydrogen (secondary N) is 2. The Bertz CT molecular complexity index is 1340. The van der Waals surface area contributed by atoms with E-state index in [1.54, 1.807) is 36.4 Å². The first kappa shape index (κ1) is 25.5. The van der Waals surface area contributed by atoms with Crippen LogP contribution in [0.25, 0.3) is 10.9 Å².